The molecule has 28 heavy (non-hydrogen) atoms. The van der Waals surface area contributed by atoms with Crippen LogP contribution in [0.4, 0.5) is 5.13 Å². The van der Waals surface area contributed by atoms with Crippen LogP contribution in [0.1, 0.15) is 53.1 Å². The SMILES string of the molecule is CCCCOc1ccccc1C(=O)Nc1ncc(Cc2ccc(CC)cc2)s1. The number of unbranched alkanes of at least 4 members (excludes halogenated alkanes) is 1. The molecule has 1 heterocycles. The number of thiazole rings is 1. The number of ether oxygens (including phenoxy) is 1. The molecule has 1 N–H and O–H groups in total. The van der Waals surface area contributed by atoms with Crippen molar-refractivity contribution in [2.75, 3.05) is 11.9 Å². The van der Waals surface area contributed by atoms with E-state index in [4.69, 9.17) is 4.74 Å². The Kier molecular flexibility index (Phi) is 7.20. The van der Waals surface area contributed by atoms with Crippen molar-refractivity contribution in [3.8, 4) is 5.75 Å². The van der Waals surface area contributed by atoms with E-state index in [0.29, 0.717) is 23.1 Å². The molecule has 1 amide bonds. The normalized spacial score (nSPS) is 10.6. The summed E-state index contributed by atoms with van der Waals surface area (Å²) in [4.78, 5) is 18.2. The van der Waals surface area contributed by atoms with Crippen molar-refractivity contribution in [1.82, 2.24) is 4.98 Å². The van der Waals surface area contributed by atoms with Crippen LogP contribution in [0.15, 0.2) is 54.7 Å². The van der Waals surface area contributed by atoms with Crippen LogP contribution in [0, 0.1) is 0 Å². The van der Waals surface area contributed by atoms with Crippen LogP contribution >= 0.6 is 11.3 Å². The van der Waals surface area contributed by atoms with Crippen LogP contribution in [-0.4, -0.2) is 17.5 Å². The second kappa shape index (κ2) is 10.0. The summed E-state index contributed by atoms with van der Waals surface area (Å²) >= 11 is 1.50. The fraction of sp³-hybridized carbons (Fsp3) is 0.304. The van der Waals surface area contributed by atoms with Crippen molar-refractivity contribution in [3.05, 3.63) is 76.3 Å². The van der Waals surface area contributed by atoms with E-state index in [1.807, 2.05) is 24.4 Å². The highest BCUT2D eigenvalue weighted by molar-refractivity contribution is 7.15. The van der Waals surface area contributed by atoms with E-state index in [-0.39, 0.29) is 5.91 Å². The first-order valence-electron chi connectivity index (χ1n) is 9.75. The number of aromatic nitrogens is 1. The highest BCUT2D eigenvalue weighted by Gasteiger charge is 2.14. The Balaban J connectivity index is 1.63. The van der Waals surface area contributed by atoms with E-state index < -0.39 is 0 Å². The molecule has 2 aromatic carbocycles. The van der Waals surface area contributed by atoms with E-state index in [0.717, 1.165) is 30.6 Å². The molecule has 0 bridgehead atoms. The first-order chi connectivity index (χ1) is 13.7. The zero-order valence-electron chi connectivity index (χ0n) is 16.4. The van der Waals surface area contributed by atoms with Crippen molar-refractivity contribution in [2.24, 2.45) is 0 Å². The van der Waals surface area contributed by atoms with Crippen LogP contribution in [0.2, 0.25) is 0 Å². The number of rotatable bonds is 9. The summed E-state index contributed by atoms with van der Waals surface area (Å²) in [6, 6.07) is 16.0. The lowest BCUT2D eigenvalue weighted by molar-refractivity contribution is 0.102. The minimum Gasteiger partial charge on any atom is -0.493 e. The second-order valence-electron chi connectivity index (χ2n) is 6.63. The number of aryl methyl sites for hydroxylation is 1. The number of carbonyl (C=O) groups is 1. The van der Waals surface area contributed by atoms with Gasteiger partial charge in [-0.1, -0.05) is 56.7 Å². The lowest BCUT2D eigenvalue weighted by Gasteiger charge is -2.10. The fourth-order valence-electron chi connectivity index (χ4n) is 2.81. The average Bonchev–Trinajstić information content (AvgIpc) is 3.16. The summed E-state index contributed by atoms with van der Waals surface area (Å²) in [7, 11) is 0. The Bertz CT molecular complexity index is 903. The van der Waals surface area contributed by atoms with Crippen molar-refractivity contribution in [2.45, 2.75) is 39.5 Å². The van der Waals surface area contributed by atoms with Crippen molar-refractivity contribution in [1.29, 1.82) is 0 Å². The van der Waals surface area contributed by atoms with Crippen LogP contribution in [0.25, 0.3) is 0 Å². The third-order valence-electron chi connectivity index (χ3n) is 4.47. The molecule has 1 aromatic heterocycles. The summed E-state index contributed by atoms with van der Waals surface area (Å²) in [6.45, 7) is 4.87. The molecule has 146 valence electrons. The summed E-state index contributed by atoms with van der Waals surface area (Å²) in [5, 5.41) is 3.51. The molecular weight excluding hydrogens is 368 g/mol. The molecule has 0 saturated carbocycles. The second-order valence-corrected chi connectivity index (χ2v) is 7.75. The molecular formula is C23H26N2O2S. The van der Waals surface area contributed by atoms with Gasteiger partial charge in [-0.2, -0.15) is 0 Å². The molecule has 0 fully saturated rings. The number of nitrogens with one attached hydrogen (secondary N) is 1. The van der Waals surface area contributed by atoms with E-state index in [1.165, 1.54) is 22.5 Å². The number of amides is 1. The molecule has 0 aliphatic rings. The number of carbonyl (C=O) groups excluding carboxylic acids is 1. The Morgan fingerprint density at radius 1 is 1.07 bits per heavy atom. The van der Waals surface area contributed by atoms with E-state index >= 15 is 0 Å². The van der Waals surface area contributed by atoms with E-state index in [9.17, 15) is 4.79 Å². The van der Waals surface area contributed by atoms with Crippen molar-refractivity contribution >= 4 is 22.4 Å². The van der Waals surface area contributed by atoms with Crippen LogP contribution < -0.4 is 10.1 Å². The first kappa shape index (κ1) is 20.1. The van der Waals surface area contributed by atoms with Gasteiger partial charge in [0.1, 0.15) is 5.75 Å². The van der Waals surface area contributed by atoms with E-state index in [1.54, 1.807) is 6.07 Å². The minimum absolute atomic E-state index is 0.194. The van der Waals surface area contributed by atoms with Gasteiger partial charge in [-0.25, -0.2) is 4.98 Å². The number of nitrogens with zero attached hydrogens (tertiary/aromatic N) is 1. The summed E-state index contributed by atoms with van der Waals surface area (Å²) in [6.07, 6.45) is 5.70. The Morgan fingerprint density at radius 3 is 2.57 bits per heavy atom. The largest absolute Gasteiger partial charge is 0.493 e. The van der Waals surface area contributed by atoms with Gasteiger partial charge < -0.3 is 4.74 Å². The Morgan fingerprint density at radius 2 is 1.82 bits per heavy atom. The predicted octanol–water partition coefficient (Wildman–Crippen LogP) is 5.73. The smallest absolute Gasteiger partial charge is 0.261 e. The van der Waals surface area contributed by atoms with Gasteiger partial charge in [0.15, 0.2) is 5.13 Å². The van der Waals surface area contributed by atoms with Crippen LogP contribution in [0.5, 0.6) is 5.75 Å². The zero-order chi connectivity index (χ0) is 19.8. The number of benzene rings is 2. The number of hydrogen-bond donors (Lipinski definition) is 1. The number of para-hydroxylation sites is 1. The molecule has 0 atom stereocenters. The van der Waals surface area contributed by atoms with Crippen LogP contribution in [0.3, 0.4) is 0 Å². The Hall–Kier alpha value is -2.66. The number of hydrogen-bond acceptors (Lipinski definition) is 4. The molecule has 0 unspecified atom stereocenters. The van der Waals surface area contributed by atoms with Gasteiger partial charge in [-0.05, 0) is 36.1 Å². The Labute approximate surface area is 170 Å². The van der Waals surface area contributed by atoms with E-state index in [2.05, 4.69) is 48.4 Å². The van der Waals surface area contributed by atoms with Gasteiger partial charge in [0.2, 0.25) is 0 Å². The van der Waals surface area contributed by atoms with Gasteiger partial charge in [0, 0.05) is 17.5 Å². The van der Waals surface area contributed by atoms with Crippen LogP contribution in [-0.2, 0) is 12.8 Å². The number of anilines is 1. The average molecular weight is 395 g/mol. The molecule has 0 spiro atoms. The third kappa shape index (κ3) is 5.42. The lowest BCUT2D eigenvalue weighted by atomic mass is 10.1. The van der Waals surface area contributed by atoms with Gasteiger partial charge in [-0.15, -0.1) is 11.3 Å². The topological polar surface area (TPSA) is 51.2 Å². The predicted molar refractivity (Wildman–Crippen MR) is 116 cm³/mol. The molecule has 0 aliphatic heterocycles. The highest BCUT2D eigenvalue weighted by Crippen LogP contribution is 2.24. The fourth-order valence-corrected chi connectivity index (χ4v) is 3.65. The maximum absolute atomic E-state index is 12.7. The van der Waals surface area contributed by atoms with Crippen molar-refractivity contribution < 1.29 is 9.53 Å². The summed E-state index contributed by atoms with van der Waals surface area (Å²) < 4.78 is 5.76. The maximum atomic E-state index is 12.7. The van der Waals surface area contributed by atoms with Crippen molar-refractivity contribution in [3.63, 3.8) is 0 Å². The highest BCUT2D eigenvalue weighted by atomic mass is 32.1. The van der Waals surface area contributed by atoms with Gasteiger partial charge in [0.25, 0.3) is 5.91 Å². The van der Waals surface area contributed by atoms with Gasteiger partial charge in [-0.3, -0.25) is 10.1 Å². The molecule has 0 radical (unpaired) electrons. The summed E-state index contributed by atoms with van der Waals surface area (Å²) in [5.74, 6) is 0.418. The third-order valence-corrected chi connectivity index (χ3v) is 5.38. The quantitative estimate of drug-likeness (QED) is 0.472. The molecule has 3 rings (SSSR count). The molecule has 3 aromatic rings. The maximum Gasteiger partial charge on any atom is 0.261 e. The molecule has 4 nitrogen and oxygen atoms in total. The summed E-state index contributed by atoms with van der Waals surface area (Å²) in [5.41, 5.74) is 3.11. The zero-order valence-corrected chi connectivity index (χ0v) is 17.2. The standard InChI is InChI=1S/C23H26N2O2S/c1-3-5-14-27-21-9-7-6-8-20(21)22(26)25-23-24-16-19(28-23)15-18-12-10-17(4-2)11-13-18/h6-13,16H,3-5,14-15H2,1-2H3,(H,24,25,26). The monoisotopic (exact) mass is 394 g/mol. The molecule has 0 saturated heterocycles. The molecule has 0 aliphatic carbocycles. The minimum atomic E-state index is -0.194. The first-order valence-corrected chi connectivity index (χ1v) is 10.6. The molecule has 5 heteroatoms. The lowest BCUT2D eigenvalue weighted by Crippen LogP contribution is -2.13. The van der Waals surface area contributed by atoms with Gasteiger partial charge >= 0.3 is 0 Å². The van der Waals surface area contributed by atoms with Gasteiger partial charge in [0.05, 0.1) is 12.2 Å².